The summed E-state index contributed by atoms with van der Waals surface area (Å²) in [6.07, 6.45) is -0.655. The van der Waals surface area contributed by atoms with Crippen LogP contribution in [0.2, 0.25) is 0 Å². The Morgan fingerprint density at radius 2 is 1.60 bits per heavy atom. The van der Waals surface area contributed by atoms with Gasteiger partial charge in [0, 0.05) is 11.6 Å². The third-order valence-electron chi connectivity index (χ3n) is 5.01. The average molecular weight is 397 g/mol. The molecule has 0 fully saturated rings. The highest BCUT2D eigenvalue weighted by molar-refractivity contribution is 5.94. The van der Waals surface area contributed by atoms with Gasteiger partial charge in [0.25, 0.3) is 0 Å². The number of nitrogens with zero attached hydrogens (tertiary/aromatic N) is 1. The number of alkyl carbamates (subject to hydrolysis) is 1. The molecule has 0 radical (unpaired) electrons. The number of anilines is 1. The van der Waals surface area contributed by atoms with E-state index in [0.29, 0.717) is 11.3 Å². The molecule has 6 heteroatoms. The van der Waals surface area contributed by atoms with Crippen molar-refractivity contribution in [2.75, 3.05) is 18.5 Å². The van der Waals surface area contributed by atoms with Crippen molar-refractivity contribution in [3.8, 4) is 17.2 Å². The number of rotatable bonds is 5. The van der Waals surface area contributed by atoms with Gasteiger partial charge in [0.1, 0.15) is 13.2 Å². The fourth-order valence-electron chi connectivity index (χ4n) is 3.67. The molecule has 30 heavy (non-hydrogen) atoms. The predicted octanol–water partition coefficient (Wildman–Crippen LogP) is 4.04. The van der Waals surface area contributed by atoms with Gasteiger partial charge in [-0.3, -0.25) is 4.79 Å². The van der Waals surface area contributed by atoms with Crippen molar-refractivity contribution in [3.63, 3.8) is 0 Å². The Labute approximate surface area is 174 Å². The van der Waals surface area contributed by atoms with Crippen LogP contribution in [0.25, 0.3) is 11.1 Å². The van der Waals surface area contributed by atoms with E-state index in [-0.39, 0.29) is 19.1 Å². The van der Waals surface area contributed by atoms with E-state index < -0.39 is 12.0 Å². The minimum absolute atomic E-state index is 0.0364. The van der Waals surface area contributed by atoms with E-state index in [4.69, 9.17) is 10.00 Å². The molecule has 0 spiro atoms. The molecule has 2 N–H and O–H groups in total. The van der Waals surface area contributed by atoms with Gasteiger partial charge >= 0.3 is 6.09 Å². The lowest BCUT2D eigenvalue weighted by Crippen LogP contribution is -2.34. The minimum Gasteiger partial charge on any atom is -0.449 e. The number of nitrogens with one attached hydrogen (secondary N) is 2. The third-order valence-corrected chi connectivity index (χ3v) is 5.01. The normalized spacial score (nSPS) is 11.7. The number of hydrogen-bond donors (Lipinski definition) is 2. The van der Waals surface area contributed by atoms with Crippen LogP contribution in [0.4, 0.5) is 10.5 Å². The Bertz CT molecular complexity index is 1100. The van der Waals surface area contributed by atoms with Crippen LogP contribution < -0.4 is 10.6 Å². The first-order valence-corrected chi connectivity index (χ1v) is 9.54. The quantitative estimate of drug-likeness (QED) is 0.680. The van der Waals surface area contributed by atoms with Gasteiger partial charge in [0.2, 0.25) is 5.91 Å². The van der Waals surface area contributed by atoms with Crippen LogP contribution in [0.5, 0.6) is 0 Å². The molecule has 0 aliphatic heterocycles. The van der Waals surface area contributed by atoms with E-state index in [1.165, 1.54) is 0 Å². The Morgan fingerprint density at radius 1 is 0.933 bits per heavy atom. The van der Waals surface area contributed by atoms with Crippen molar-refractivity contribution in [1.82, 2.24) is 5.32 Å². The van der Waals surface area contributed by atoms with Gasteiger partial charge < -0.3 is 15.4 Å². The van der Waals surface area contributed by atoms with Crippen molar-refractivity contribution in [1.29, 1.82) is 5.26 Å². The Balaban J connectivity index is 1.32. The molecule has 148 valence electrons. The molecular formula is C24H19N3O3. The van der Waals surface area contributed by atoms with Crippen molar-refractivity contribution in [2.24, 2.45) is 0 Å². The SMILES string of the molecule is N#Cc1cccc(NC(=O)CNC(=O)OCC2c3ccccc3-c3ccccc32)c1. The highest BCUT2D eigenvalue weighted by Gasteiger charge is 2.28. The number of carbonyl (C=O) groups excluding carboxylic acids is 2. The topological polar surface area (TPSA) is 91.2 Å². The zero-order valence-electron chi connectivity index (χ0n) is 16.1. The maximum Gasteiger partial charge on any atom is 0.407 e. The van der Waals surface area contributed by atoms with Crippen LogP contribution in [0.1, 0.15) is 22.6 Å². The van der Waals surface area contributed by atoms with Crippen molar-refractivity contribution >= 4 is 17.7 Å². The van der Waals surface area contributed by atoms with Gasteiger partial charge in [-0.1, -0.05) is 54.6 Å². The summed E-state index contributed by atoms with van der Waals surface area (Å²) in [4.78, 5) is 24.2. The standard InChI is InChI=1S/C24H19N3O3/c25-13-16-6-5-7-17(12-16)27-23(28)14-26-24(29)30-15-22-20-10-3-1-8-18(20)19-9-2-4-11-21(19)22/h1-12,22H,14-15H2,(H,26,29)(H,27,28). The van der Waals surface area contributed by atoms with E-state index in [0.717, 1.165) is 22.3 Å². The molecule has 4 rings (SSSR count). The lowest BCUT2D eigenvalue weighted by Gasteiger charge is -2.14. The zero-order chi connectivity index (χ0) is 20.9. The first kappa shape index (κ1) is 19.2. The maximum atomic E-state index is 12.1. The van der Waals surface area contributed by atoms with Crippen LogP contribution in [0.3, 0.4) is 0 Å². The lowest BCUT2D eigenvalue weighted by molar-refractivity contribution is -0.115. The molecule has 2 amide bonds. The molecule has 0 atom stereocenters. The van der Waals surface area contributed by atoms with Crippen LogP contribution in [0, 0.1) is 11.3 Å². The molecule has 1 aliphatic rings. The highest BCUT2D eigenvalue weighted by Crippen LogP contribution is 2.44. The smallest absolute Gasteiger partial charge is 0.407 e. The van der Waals surface area contributed by atoms with Crippen LogP contribution in [-0.2, 0) is 9.53 Å². The number of benzene rings is 3. The third kappa shape index (κ3) is 4.01. The molecule has 6 nitrogen and oxygen atoms in total. The fraction of sp³-hybridized carbons (Fsp3) is 0.125. The molecule has 0 saturated carbocycles. The van der Waals surface area contributed by atoms with E-state index in [2.05, 4.69) is 22.8 Å². The first-order chi connectivity index (χ1) is 14.7. The van der Waals surface area contributed by atoms with E-state index in [1.807, 2.05) is 42.5 Å². The summed E-state index contributed by atoms with van der Waals surface area (Å²) in [5.41, 5.74) is 5.50. The summed E-state index contributed by atoms with van der Waals surface area (Å²) in [6, 6.07) is 24.7. The number of nitriles is 1. The van der Waals surface area contributed by atoms with Crippen molar-refractivity contribution in [2.45, 2.75) is 5.92 Å². The van der Waals surface area contributed by atoms with Gasteiger partial charge in [-0.05, 0) is 40.5 Å². The highest BCUT2D eigenvalue weighted by atomic mass is 16.5. The molecule has 3 aromatic rings. The molecule has 0 bridgehead atoms. The molecule has 1 aliphatic carbocycles. The van der Waals surface area contributed by atoms with Gasteiger partial charge in [-0.2, -0.15) is 5.26 Å². The number of amides is 2. The molecule has 0 unspecified atom stereocenters. The molecular weight excluding hydrogens is 378 g/mol. The number of fused-ring (bicyclic) bond motifs is 3. The number of carbonyl (C=O) groups is 2. The Kier molecular flexibility index (Phi) is 5.44. The number of ether oxygens (including phenoxy) is 1. The molecule has 0 saturated heterocycles. The summed E-state index contributed by atoms with van der Waals surface area (Å²) in [7, 11) is 0. The van der Waals surface area contributed by atoms with Crippen LogP contribution in [-0.4, -0.2) is 25.2 Å². The predicted molar refractivity (Wildman–Crippen MR) is 113 cm³/mol. The lowest BCUT2D eigenvalue weighted by atomic mass is 9.98. The van der Waals surface area contributed by atoms with Crippen molar-refractivity contribution < 1.29 is 14.3 Å². The van der Waals surface area contributed by atoms with Crippen molar-refractivity contribution in [3.05, 3.63) is 89.5 Å². The zero-order valence-corrected chi connectivity index (χ0v) is 16.1. The summed E-state index contributed by atoms with van der Waals surface area (Å²) in [6.45, 7) is -0.0425. The molecule has 0 heterocycles. The fourth-order valence-corrected chi connectivity index (χ4v) is 3.67. The Hall–Kier alpha value is -4.11. The van der Waals surface area contributed by atoms with Gasteiger partial charge in [0.15, 0.2) is 0 Å². The summed E-state index contributed by atoms with van der Waals surface area (Å²) in [5.74, 6) is -0.440. The van der Waals surface area contributed by atoms with Gasteiger partial charge in [0.05, 0.1) is 11.6 Å². The monoisotopic (exact) mass is 397 g/mol. The largest absolute Gasteiger partial charge is 0.449 e. The Morgan fingerprint density at radius 3 is 2.27 bits per heavy atom. The van der Waals surface area contributed by atoms with Crippen LogP contribution >= 0.6 is 0 Å². The molecule has 0 aromatic heterocycles. The second kappa shape index (κ2) is 8.50. The first-order valence-electron chi connectivity index (χ1n) is 9.54. The van der Waals surface area contributed by atoms with E-state index in [9.17, 15) is 9.59 Å². The molecule has 3 aromatic carbocycles. The second-order valence-corrected chi connectivity index (χ2v) is 6.92. The van der Waals surface area contributed by atoms with Crippen LogP contribution in [0.15, 0.2) is 72.8 Å². The summed E-state index contributed by atoms with van der Waals surface area (Å²) >= 11 is 0. The van der Waals surface area contributed by atoms with E-state index >= 15 is 0 Å². The van der Waals surface area contributed by atoms with Gasteiger partial charge in [-0.15, -0.1) is 0 Å². The van der Waals surface area contributed by atoms with E-state index in [1.54, 1.807) is 24.3 Å². The maximum absolute atomic E-state index is 12.1. The number of hydrogen-bond acceptors (Lipinski definition) is 4. The summed E-state index contributed by atoms with van der Waals surface area (Å²) in [5, 5.41) is 14.0. The van der Waals surface area contributed by atoms with Gasteiger partial charge in [-0.25, -0.2) is 4.79 Å². The summed E-state index contributed by atoms with van der Waals surface area (Å²) < 4.78 is 5.40. The minimum atomic E-state index is -0.655. The second-order valence-electron chi connectivity index (χ2n) is 6.92. The average Bonchev–Trinajstić information content (AvgIpc) is 3.10.